The van der Waals surface area contributed by atoms with Crippen LogP contribution in [0.25, 0.3) is 5.69 Å². The van der Waals surface area contributed by atoms with Gasteiger partial charge < -0.3 is 0 Å². The fourth-order valence-electron chi connectivity index (χ4n) is 1.59. The Morgan fingerprint density at radius 3 is 2.37 bits per heavy atom. The molecule has 6 heteroatoms. The van der Waals surface area contributed by atoms with E-state index in [1.807, 2.05) is 58.4 Å². The van der Waals surface area contributed by atoms with Crippen molar-refractivity contribution in [2.24, 2.45) is 10.3 Å². The van der Waals surface area contributed by atoms with Crippen LogP contribution >= 0.6 is 0 Å². The molecular weight excluding hydrogens is 242 g/mol. The Balaban J connectivity index is 2.47. The predicted octanol–water partition coefficient (Wildman–Crippen LogP) is 2.18. The van der Waals surface area contributed by atoms with Crippen LogP contribution in [0.15, 0.2) is 45.5 Å². The van der Waals surface area contributed by atoms with Crippen LogP contribution in [-0.4, -0.2) is 35.5 Å². The molecule has 6 nitrogen and oxygen atoms in total. The van der Waals surface area contributed by atoms with E-state index in [4.69, 9.17) is 0 Å². The summed E-state index contributed by atoms with van der Waals surface area (Å²) in [5.74, 6) is 0. The summed E-state index contributed by atoms with van der Waals surface area (Å²) < 4.78 is 1.79. The molecule has 2 aromatic rings. The smallest absolute Gasteiger partial charge is 0.293 e. The zero-order valence-electron chi connectivity index (χ0n) is 11.6. The highest BCUT2D eigenvalue weighted by Crippen LogP contribution is 2.14. The quantitative estimate of drug-likeness (QED) is 0.513. The van der Waals surface area contributed by atoms with Crippen LogP contribution in [0, 0.1) is 6.92 Å². The molecule has 2 rings (SSSR count). The van der Waals surface area contributed by atoms with Gasteiger partial charge in [0.2, 0.25) is 0 Å². The number of hydrogen-bond acceptors (Lipinski definition) is 3. The van der Waals surface area contributed by atoms with Gasteiger partial charge in [0, 0.05) is 5.22 Å². The molecule has 0 unspecified atom stereocenters. The van der Waals surface area contributed by atoms with Gasteiger partial charge in [-0.2, -0.15) is 4.59 Å². The van der Waals surface area contributed by atoms with E-state index < -0.39 is 0 Å². The van der Waals surface area contributed by atoms with Gasteiger partial charge in [0.05, 0.1) is 32.5 Å². The maximum atomic E-state index is 12.3. The van der Waals surface area contributed by atoms with Crippen molar-refractivity contribution in [3.05, 3.63) is 46.4 Å². The second kappa shape index (κ2) is 4.81. The summed E-state index contributed by atoms with van der Waals surface area (Å²) in [6, 6.07) is 9.38. The first-order valence-corrected chi connectivity index (χ1v) is 6.00. The number of aromatic amines is 1. The number of benzene rings is 1. The van der Waals surface area contributed by atoms with Crippen molar-refractivity contribution in [1.29, 1.82) is 0 Å². The van der Waals surface area contributed by atoms with Gasteiger partial charge in [-0.15, -0.1) is 0 Å². The number of nitrogens with zero attached hydrogens (tertiary/aromatic N) is 4. The molecule has 0 atom stereocenters. The summed E-state index contributed by atoms with van der Waals surface area (Å²) in [6.45, 7) is 1.81. The molecule has 0 fully saturated rings. The minimum Gasteiger partial charge on any atom is -0.293 e. The lowest BCUT2D eigenvalue weighted by atomic mass is 10.3. The zero-order chi connectivity index (χ0) is 14.0. The first kappa shape index (κ1) is 13.2. The number of aryl methyl sites for hydroxylation is 1. The van der Waals surface area contributed by atoms with Crippen molar-refractivity contribution in [1.82, 2.24) is 9.78 Å². The summed E-state index contributed by atoms with van der Waals surface area (Å²) in [6.07, 6.45) is 0. The third-order valence-corrected chi connectivity index (χ3v) is 2.47. The molecule has 0 bridgehead atoms. The van der Waals surface area contributed by atoms with E-state index in [1.165, 1.54) is 4.68 Å². The van der Waals surface area contributed by atoms with Crippen LogP contribution in [0.4, 0.5) is 5.69 Å². The highest BCUT2D eigenvalue weighted by molar-refractivity contribution is 5.42. The van der Waals surface area contributed by atoms with Crippen LogP contribution in [0.1, 0.15) is 5.69 Å². The van der Waals surface area contributed by atoms with Crippen LogP contribution in [0.5, 0.6) is 0 Å². The van der Waals surface area contributed by atoms with Gasteiger partial charge in [0.1, 0.15) is 0 Å². The first-order valence-electron chi connectivity index (χ1n) is 6.00. The summed E-state index contributed by atoms with van der Waals surface area (Å²) in [4.78, 5) is 12.3. The standard InChI is InChI=1S/C13H17N5O/c1-10-12(14-16-18(2,3)4)13(19)17(15-10)11-8-6-5-7-9-11/h5-9H,1-4H3/p+1. The van der Waals surface area contributed by atoms with Crippen molar-refractivity contribution in [3.63, 3.8) is 0 Å². The molecule has 1 aromatic heterocycles. The molecule has 0 spiro atoms. The number of H-pyrrole nitrogens is 1. The molecule has 0 saturated carbocycles. The third-order valence-electron chi connectivity index (χ3n) is 2.47. The van der Waals surface area contributed by atoms with E-state index in [2.05, 4.69) is 15.4 Å². The van der Waals surface area contributed by atoms with Crippen molar-refractivity contribution in [2.75, 3.05) is 21.1 Å². The lowest BCUT2D eigenvalue weighted by molar-refractivity contribution is -0.882. The Hall–Kier alpha value is -2.21. The maximum Gasteiger partial charge on any atom is 0.299 e. The largest absolute Gasteiger partial charge is 0.299 e. The Morgan fingerprint density at radius 2 is 1.79 bits per heavy atom. The second-order valence-corrected chi connectivity index (χ2v) is 5.19. The van der Waals surface area contributed by atoms with Gasteiger partial charge in [-0.3, -0.25) is 9.89 Å². The lowest BCUT2D eigenvalue weighted by Gasteiger charge is -2.11. The van der Waals surface area contributed by atoms with E-state index in [0.29, 0.717) is 16.0 Å². The minimum atomic E-state index is -0.194. The average Bonchev–Trinajstić information content (AvgIpc) is 2.63. The van der Waals surface area contributed by atoms with Gasteiger partial charge in [-0.25, -0.2) is 4.68 Å². The van der Waals surface area contributed by atoms with Crippen molar-refractivity contribution in [2.45, 2.75) is 6.92 Å². The number of aromatic nitrogens is 2. The Morgan fingerprint density at radius 1 is 1.16 bits per heavy atom. The molecule has 0 saturated heterocycles. The first-order chi connectivity index (χ1) is 8.88. The summed E-state index contributed by atoms with van der Waals surface area (Å²) >= 11 is 0. The normalized spacial score (nSPS) is 12.2. The molecule has 19 heavy (non-hydrogen) atoms. The van der Waals surface area contributed by atoms with E-state index in [0.717, 1.165) is 5.69 Å². The molecule has 0 amide bonds. The summed E-state index contributed by atoms with van der Waals surface area (Å²) in [5.41, 5.74) is 1.63. The third kappa shape index (κ3) is 2.97. The molecule has 0 radical (unpaired) electrons. The fourth-order valence-corrected chi connectivity index (χ4v) is 1.59. The van der Waals surface area contributed by atoms with Crippen molar-refractivity contribution >= 4 is 5.69 Å². The van der Waals surface area contributed by atoms with Crippen molar-refractivity contribution < 1.29 is 4.59 Å². The van der Waals surface area contributed by atoms with Crippen molar-refractivity contribution in [3.8, 4) is 5.69 Å². The molecule has 0 aliphatic heterocycles. The molecule has 100 valence electrons. The van der Waals surface area contributed by atoms with Gasteiger partial charge >= 0.3 is 0 Å². The highest BCUT2D eigenvalue weighted by atomic mass is 16.1. The molecule has 1 N–H and O–H groups in total. The number of rotatable bonds is 3. The Bertz CT molecular complexity index is 646. The van der Waals surface area contributed by atoms with Gasteiger partial charge in [-0.05, 0) is 19.1 Å². The van der Waals surface area contributed by atoms with E-state index in [9.17, 15) is 4.79 Å². The molecule has 0 aliphatic carbocycles. The molecule has 0 aliphatic rings. The number of hydrogen-bond donors (Lipinski definition) is 1. The van der Waals surface area contributed by atoms with Gasteiger partial charge in [0.25, 0.3) is 5.56 Å². The van der Waals surface area contributed by atoms with Crippen LogP contribution in [-0.2, 0) is 0 Å². The molecule has 1 aromatic carbocycles. The summed E-state index contributed by atoms with van der Waals surface area (Å²) in [5, 5.41) is 11.1. The van der Waals surface area contributed by atoms with Crippen LogP contribution in [0.2, 0.25) is 0 Å². The lowest BCUT2D eigenvalue weighted by Crippen LogP contribution is -2.26. The zero-order valence-corrected chi connectivity index (χ0v) is 11.6. The SMILES string of the molecule is Cc1[nH]n(-c2ccccc2)c(=O)c1N=N[N+](C)(C)C. The van der Waals surface area contributed by atoms with E-state index in [-0.39, 0.29) is 5.56 Å². The monoisotopic (exact) mass is 260 g/mol. The topological polar surface area (TPSA) is 62.5 Å². The Labute approximate surface area is 111 Å². The van der Waals surface area contributed by atoms with Crippen LogP contribution in [0.3, 0.4) is 0 Å². The maximum absolute atomic E-state index is 12.3. The average molecular weight is 260 g/mol. The van der Waals surface area contributed by atoms with E-state index in [1.54, 1.807) is 0 Å². The highest BCUT2D eigenvalue weighted by Gasteiger charge is 2.13. The predicted molar refractivity (Wildman–Crippen MR) is 73.7 cm³/mol. The number of nitrogens with one attached hydrogen (secondary N) is 1. The Kier molecular flexibility index (Phi) is 3.35. The van der Waals surface area contributed by atoms with Crippen LogP contribution < -0.4 is 5.56 Å². The number of para-hydroxylation sites is 1. The molecule has 1 heterocycles. The van der Waals surface area contributed by atoms with Gasteiger partial charge in [-0.1, -0.05) is 23.3 Å². The van der Waals surface area contributed by atoms with Gasteiger partial charge in [0.15, 0.2) is 5.69 Å². The summed E-state index contributed by atoms with van der Waals surface area (Å²) in [7, 11) is 5.63. The fraction of sp³-hybridized carbons (Fsp3) is 0.308. The number of quaternary nitrogens is 1. The molecular formula is C13H18N5O+. The van der Waals surface area contributed by atoms with E-state index >= 15 is 0 Å². The second-order valence-electron chi connectivity index (χ2n) is 5.19. The minimum absolute atomic E-state index is 0.194.